The number of alkyl halides is 6. The number of carboxylic acid groups (broad SMARTS) is 1. The fraction of sp³-hybridized carbons (Fsp3) is 0.296. The van der Waals surface area contributed by atoms with E-state index < -0.39 is 42.1 Å². The summed E-state index contributed by atoms with van der Waals surface area (Å²) >= 11 is 0. The van der Waals surface area contributed by atoms with Crippen LogP contribution >= 0.6 is 0 Å². The smallest absolute Gasteiger partial charge is 0.416 e. The second kappa shape index (κ2) is 11.8. The molecule has 0 heterocycles. The van der Waals surface area contributed by atoms with Crippen LogP contribution in [0.25, 0.3) is 0 Å². The second-order valence-electron chi connectivity index (χ2n) is 8.60. The van der Waals surface area contributed by atoms with Crippen LogP contribution in [-0.4, -0.2) is 42.2 Å². The number of halogens is 6. The van der Waals surface area contributed by atoms with Gasteiger partial charge in [0.2, 0.25) is 0 Å². The molecule has 3 aromatic carbocycles. The van der Waals surface area contributed by atoms with Gasteiger partial charge in [0.15, 0.2) is 0 Å². The standard InChI is InChI=1S/C27H25F6NO3/c1-34(15-24(35)36)23(25(19-8-4-2-5-9-19)20-10-6-3-7-11-20)17-37-16-18-12-21(26(28,29)30)14-22(13-18)27(31,32)33/h2-14,23,25H,15-17H2,1H3,(H,35,36)/t23-/m0/s1. The number of rotatable bonds is 10. The van der Waals surface area contributed by atoms with Gasteiger partial charge in [-0.05, 0) is 41.9 Å². The van der Waals surface area contributed by atoms with Crippen molar-refractivity contribution in [2.45, 2.75) is 30.9 Å². The molecular weight excluding hydrogens is 500 g/mol. The normalized spacial score (nSPS) is 13.2. The minimum atomic E-state index is -4.97. The van der Waals surface area contributed by atoms with Crippen LogP contribution in [0.5, 0.6) is 0 Å². The van der Waals surface area contributed by atoms with E-state index in [0.29, 0.717) is 12.1 Å². The highest BCUT2D eigenvalue weighted by molar-refractivity contribution is 5.69. The highest BCUT2D eigenvalue weighted by Crippen LogP contribution is 2.37. The molecule has 0 radical (unpaired) electrons. The van der Waals surface area contributed by atoms with Gasteiger partial charge in [-0.15, -0.1) is 0 Å². The zero-order valence-corrected chi connectivity index (χ0v) is 19.8. The number of nitrogens with zero attached hydrogens (tertiary/aromatic N) is 1. The van der Waals surface area contributed by atoms with Crippen molar-refractivity contribution in [2.24, 2.45) is 0 Å². The van der Waals surface area contributed by atoms with Gasteiger partial charge in [-0.1, -0.05) is 60.7 Å². The minimum absolute atomic E-state index is 0.0633. The molecule has 0 aliphatic carbocycles. The molecule has 37 heavy (non-hydrogen) atoms. The maximum absolute atomic E-state index is 13.2. The lowest BCUT2D eigenvalue weighted by Gasteiger charge is -2.34. The average Bonchev–Trinajstić information content (AvgIpc) is 2.83. The fourth-order valence-electron chi connectivity index (χ4n) is 4.17. The summed E-state index contributed by atoms with van der Waals surface area (Å²) < 4.78 is 85.0. The first-order valence-electron chi connectivity index (χ1n) is 11.2. The molecule has 0 spiro atoms. The van der Waals surface area contributed by atoms with Crippen LogP contribution in [0.15, 0.2) is 78.9 Å². The summed E-state index contributed by atoms with van der Waals surface area (Å²) in [6.45, 7) is -1.04. The molecule has 0 amide bonds. The van der Waals surface area contributed by atoms with Crippen molar-refractivity contribution in [3.8, 4) is 0 Å². The molecule has 3 aromatic rings. The van der Waals surface area contributed by atoms with E-state index in [1.807, 2.05) is 60.7 Å². The molecule has 4 nitrogen and oxygen atoms in total. The predicted octanol–water partition coefficient (Wildman–Crippen LogP) is 6.46. The molecule has 1 atom stereocenters. The Morgan fingerprint density at radius 1 is 0.838 bits per heavy atom. The zero-order chi connectivity index (χ0) is 27.2. The highest BCUT2D eigenvalue weighted by Gasteiger charge is 2.37. The van der Waals surface area contributed by atoms with Gasteiger partial charge in [-0.2, -0.15) is 26.3 Å². The van der Waals surface area contributed by atoms with E-state index in [1.165, 1.54) is 0 Å². The Morgan fingerprint density at radius 2 is 1.30 bits per heavy atom. The third-order valence-corrected chi connectivity index (χ3v) is 5.86. The van der Waals surface area contributed by atoms with E-state index in [-0.39, 0.29) is 30.7 Å². The van der Waals surface area contributed by atoms with Gasteiger partial charge >= 0.3 is 18.3 Å². The van der Waals surface area contributed by atoms with Crippen LogP contribution < -0.4 is 0 Å². The highest BCUT2D eigenvalue weighted by atomic mass is 19.4. The Kier molecular flexibility index (Phi) is 8.98. The Bertz CT molecular complexity index is 1090. The van der Waals surface area contributed by atoms with Crippen LogP contribution in [0, 0.1) is 0 Å². The second-order valence-corrected chi connectivity index (χ2v) is 8.60. The maximum Gasteiger partial charge on any atom is 0.416 e. The van der Waals surface area contributed by atoms with E-state index in [0.717, 1.165) is 11.1 Å². The van der Waals surface area contributed by atoms with Gasteiger partial charge in [-0.3, -0.25) is 9.69 Å². The van der Waals surface area contributed by atoms with E-state index in [2.05, 4.69) is 0 Å². The molecule has 0 aliphatic heterocycles. The van der Waals surface area contributed by atoms with Gasteiger partial charge in [0.25, 0.3) is 0 Å². The fourth-order valence-corrected chi connectivity index (χ4v) is 4.17. The molecule has 0 unspecified atom stereocenters. The van der Waals surface area contributed by atoms with Crippen molar-refractivity contribution in [3.63, 3.8) is 0 Å². The molecule has 1 N–H and O–H groups in total. The topological polar surface area (TPSA) is 49.8 Å². The van der Waals surface area contributed by atoms with E-state index >= 15 is 0 Å². The van der Waals surface area contributed by atoms with E-state index in [4.69, 9.17) is 4.74 Å². The monoisotopic (exact) mass is 525 g/mol. The van der Waals surface area contributed by atoms with Crippen LogP contribution in [0.2, 0.25) is 0 Å². The molecule has 10 heteroatoms. The molecule has 0 saturated carbocycles. The van der Waals surface area contributed by atoms with Gasteiger partial charge in [0.1, 0.15) is 0 Å². The number of hydrogen-bond donors (Lipinski definition) is 1. The van der Waals surface area contributed by atoms with Crippen molar-refractivity contribution < 1.29 is 41.0 Å². The first kappa shape index (κ1) is 28.2. The zero-order valence-electron chi connectivity index (χ0n) is 19.8. The van der Waals surface area contributed by atoms with Crippen molar-refractivity contribution in [2.75, 3.05) is 20.2 Å². The Labute approximate surface area is 210 Å². The summed E-state index contributed by atoms with van der Waals surface area (Å²) in [5.41, 5.74) is -1.45. The van der Waals surface area contributed by atoms with Crippen LogP contribution in [0.4, 0.5) is 26.3 Å². The van der Waals surface area contributed by atoms with E-state index in [1.54, 1.807) is 11.9 Å². The summed E-state index contributed by atoms with van der Waals surface area (Å²) in [5, 5.41) is 9.38. The number of aliphatic carboxylic acids is 1. The first-order valence-corrected chi connectivity index (χ1v) is 11.2. The first-order chi connectivity index (χ1) is 17.4. The molecule has 0 aliphatic rings. The van der Waals surface area contributed by atoms with E-state index in [9.17, 15) is 36.2 Å². The Hall–Kier alpha value is -3.37. The number of carboxylic acids is 1. The molecule has 0 saturated heterocycles. The van der Waals surface area contributed by atoms with Crippen molar-refractivity contribution in [1.82, 2.24) is 4.90 Å². The summed E-state index contributed by atoms with van der Waals surface area (Å²) in [6.07, 6.45) is -9.93. The minimum Gasteiger partial charge on any atom is -0.480 e. The van der Waals surface area contributed by atoms with Gasteiger partial charge in [0, 0.05) is 12.0 Å². The SMILES string of the molecule is CN(CC(=O)O)[C@@H](COCc1cc(C(F)(F)F)cc(C(F)(F)F)c1)C(c1ccccc1)c1ccccc1. The number of benzene rings is 3. The van der Waals surface area contributed by atoms with Crippen molar-refractivity contribution in [1.29, 1.82) is 0 Å². The number of likely N-dealkylation sites (N-methyl/N-ethyl adjacent to an activating group) is 1. The van der Waals surface area contributed by atoms with Gasteiger partial charge in [-0.25, -0.2) is 0 Å². The Morgan fingerprint density at radius 3 is 1.70 bits per heavy atom. The lowest BCUT2D eigenvalue weighted by atomic mass is 9.84. The third kappa shape index (κ3) is 7.80. The molecular formula is C27H25F6NO3. The summed E-state index contributed by atoms with van der Waals surface area (Å²) in [6, 6.07) is 19.1. The summed E-state index contributed by atoms with van der Waals surface area (Å²) in [7, 11) is 1.58. The Balaban J connectivity index is 1.93. The lowest BCUT2D eigenvalue weighted by Crippen LogP contribution is -2.43. The average molecular weight is 525 g/mol. The van der Waals surface area contributed by atoms with Crippen LogP contribution in [0.3, 0.4) is 0 Å². The number of ether oxygens (including phenoxy) is 1. The molecule has 198 valence electrons. The van der Waals surface area contributed by atoms with Crippen molar-refractivity contribution >= 4 is 5.97 Å². The maximum atomic E-state index is 13.2. The van der Waals surface area contributed by atoms with Gasteiger partial charge in [0.05, 0.1) is 30.9 Å². The molecule has 0 bridgehead atoms. The van der Waals surface area contributed by atoms with Crippen LogP contribution in [0.1, 0.15) is 33.7 Å². The van der Waals surface area contributed by atoms with Gasteiger partial charge < -0.3 is 9.84 Å². The largest absolute Gasteiger partial charge is 0.480 e. The summed E-state index contributed by atoms with van der Waals surface area (Å²) in [4.78, 5) is 13.0. The third-order valence-electron chi connectivity index (χ3n) is 5.86. The van der Waals surface area contributed by atoms with Crippen LogP contribution in [-0.2, 0) is 28.5 Å². The molecule has 0 aromatic heterocycles. The number of carbonyl (C=O) groups is 1. The lowest BCUT2D eigenvalue weighted by molar-refractivity contribution is -0.143. The summed E-state index contributed by atoms with van der Waals surface area (Å²) in [5.74, 6) is -1.49. The molecule has 0 fully saturated rings. The van der Waals surface area contributed by atoms with Crippen molar-refractivity contribution in [3.05, 3.63) is 107 Å². The number of hydrogen-bond acceptors (Lipinski definition) is 3. The quantitative estimate of drug-likeness (QED) is 0.309. The molecule has 3 rings (SSSR count). The predicted molar refractivity (Wildman–Crippen MR) is 125 cm³/mol.